The van der Waals surface area contributed by atoms with Gasteiger partial charge in [0, 0.05) is 45.7 Å². The molecule has 0 aliphatic carbocycles. The van der Waals surface area contributed by atoms with Crippen molar-refractivity contribution in [2.24, 2.45) is 5.92 Å². The fourth-order valence-electron chi connectivity index (χ4n) is 2.79. The predicted molar refractivity (Wildman–Crippen MR) is 86.1 cm³/mol. The van der Waals surface area contributed by atoms with Gasteiger partial charge in [-0.25, -0.2) is 4.68 Å². The largest absolute Gasteiger partial charge is 0.349 e. The molecule has 0 atom stereocenters. The molecule has 7 nitrogen and oxygen atoms in total. The van der Waals surface area contributed by atoms with E-state index < -0.39 is 0 Å². The second-order valence-corrected chi connectivity index (χ2v) is 6.08. The third-order valence-corrected chi connectivity index (χ3v) is 4.09. The number of likely N-dealkylation sites (tertiary alicyclic amines) is 1. The van der Waals surface area contributed by atoms with Crippen LogP contribution in [0.5, 0.6) is 0 Å². The quantitative estimate of drug-likeness (QED) is 0.814. The van der Waals surface area contributed by atoms with Gasteiger partial charge in [0.2, 0.25) is 5.91 Å². The SMILES string of the molecule is CCCn1nc(C(=O)N2CCC(C(=O)N(C)C)CC2)ccc1=O. The molecule has 1 aliphatic rings. The van der Waals surface area contributed by atoms with E-state index in [0.29, 0.717) is 32.5 Å². The van der Waals surface area contributed by atoms with Crippen LogP contribution in [-0.4, -0.2) is 58.6 Å². The molecule has 2 amide bonds. The first-order valence-corrected chi connectivity index (χ1v) is 8.02. The summed E-state index contributed by atoms with van der Waals surface area (Å²) in [6.45, 7) is 3.53. The van der Waals surface area contributed by atoms with Crippen molar-refractivity contribution in [3.05, 3.63) is 28.2 Å². The van der Waals surface area contributed by atoms with Gasteiger partial charge in [0.15, 0.2) is 0 Å². The first-order valence-electron chi connectivity index (χ1n) is 8.02. The molecule has 1 fully saturated rings. The molecule has 2 rings (SSSR count). The van der Waals surface area contributed by atoms with Gasteiger partial charge in [0.05, 0.1) is 0 Å². The van der Waals surface area contributed by atoms with E-state index in [1.807, 2.05) is 6.92 Å². The maximum absolute atomic E-state index is 12.5. The summed E-state index contributed by atoms with van der Waals surface area (Å²) in [4.78, 5) is 39.5. The number of nitrogens with zero attached hydrogens (tertiary/aromatic N) is 4. The monoisotopic (exact) mass is 320 g/mol. The molecule has 0 radical (unpaired) electrons. The van der Waals surface area contributed by atoms with E-state index in [1.165, 1.54) is 16.8 Å². The number of piperidine rings is 1. The first kappa shape index (κ1) is 17.2. The summed E-state index contributed by atoms with van der Waals surface area (Å²) in [5, 5.41) is 4.16. The summed E-state index contributed by atoms with van der Waals surface area (Å²) in [5.41, 5.74) is 0.0918. The molecular weight excluding hydrogens is 296 g/mol. The lowest BCUT2D eigenvalue weighted by Gasteiger charge is -2.32. The number of aromatic nitrogens is 2. The van der Waals surface area contributed by atoms with Gasteiger partial charge in [-0.15, -0.1) is 0 Å². The molecular formula is C16H24N4O3. The molecule has 1 aromatic heterocycles. The van der Waals surface area contributed by atoms with Crippen LogP contribution >= 0.6 is 0 Å². The van der Waals surface area contributed by atoms with E-state index in [0.717, 1.165) is 6.42 Å². The Hall–Kier alpha value is -2.18. The summed E-state index contributed by atoms with van der Waals surface area (Å²) < 4.78 is 1.33. The molecule has 0 aromatic carbocycles. The Kier molecular flexibility index (Phi) is 5.52. The smallest absolute Gasteiger partial charge is 0.274 e. The van der Waals surface area contributed by atoms with Crippen molar-refractivity contribution in [1.29, 1.82) is 0 Å². The van der Waals surface area contributed by atoms with Crippen molar-refractivity contribution in [3.63, 3.8) is 0 Å². The van der Waals surface area contributed by atoms with E-state index in [-0.39, 0.29) is 29.0 Å². The minimum Gasteiger partial charge on any atom is -0.349 e. The van der Waals surface area contributed by atoms with E-state index in [9.17, 15) is 14.4 Å². The van der Waals surface area contributed by atoms with E-state index >= 15 is 0 Å². The highest BCUT2D eigenvalue weighted by molar-refractivity contribution is 5.92. The fraction of sp³-hybridized carbons (Fsp3) is 0.625. The van der Waals surface area contributed by atoms with Gasteiger partial charge in [0.25, 0.3) is 11.5 Å². The normalized spacial score (nSPS) is 15.5. The van der Waals surface area contributed by atoms with Gasteiger partial charge in [-0.2, -0.15) is 5.10 Å². The molecule has 7 heteroatoms. The Morgan fingerprint density at radius 1 is 1.26 bits per heavy atom. The molecule has 0 bridgehead atoms. The van der Waals surface area contributed by atoms with Crippen molar-refractivity contribution in [1.82, 2.24) is 19.6 Å². The van der Waals surface area contributed by atoms with Crippen LogP contribution in [0.1, 0.15) is 36.7 Å². The van der Waals surface area contributed by atoms with Crippen molar-refractivity contribution in [2.75, 3.05) is 27.2 Å². The Balaban J connectivity index is 2.04. The third kappa shape index (κ3) is 3.97. The molecule has 0 spiro atoms. The Morgan fingerprint density at radius 3 is 2.48 bits per heavy atom. The highest BCUT2D eigenvalue weighted by Gasteiger charge is 2.29. The number of carbonyl (C=O) groups excluding carboxylic acids is 2. The zero-order valence-electron chi connectivity index (χ0n) is 14.0. The lowest BCUT2D eigenvalue weighted by molar-refractivity contribution is -0.134. The number of hydrogen-bond donors (Lipinski definition) is 0. The Morgan fingerprint density at radius 2 is 1.91 bits per heavy atom. The molecule has 0 saturated carbocycles. The molecule has 0 N–H and O–H groups in total. The van der Waals surface area contributed by atoms with Crippen molar-refractivity contribution in [2.45, 2.75) is 32.7 Å². The second-order valence-electron chi connectivity index (χ2n) is 6.08. The van der Waals surface area contributed by atoms with E-state index in [2.05, 4.69) is 5.10 Å². The van der Waals surface area contributed by atoms with Crippen LogP contribution in [0.15, 0.2) is 16.9 Å². The molecule has 1 saturated heterocycles. The summed E-state index contributed by atoms with van der Waals surface area (Å²) in [6, 6.07) is 2.87. The molecule has 126 valence electrons. The maximum Gasteiger partial charge on any atom is 0.274 e. The minimum atomic E-state index is -0.196. The number of hydrogen-bond acceptors (Lipinski definition) is 4. The van der Waals surface area contributed by atoms with E-state index in [1.54, 1.807) is 23.9 Å². The predicted octanol–water partition coefficient (Wildman–Crippen LogP) is 0.594. The van der Waals surface area contributed by atoms with Gasteiger partial charge in [-0.05, 0) is 25.3 Å². The highest BCUT2D eigenvalue weighted by atomic mass is 16.2. The van der Waals surface area contributed by atoms with Crippen LogP contribution in [0.3, 0.4) is 0 Å². The Bertz CT molecular complexity index is 630. The second kappa shape index (κ2) is 7.39. The summed E-state index contributed by atoms with van der Waals surface area (Å²) in [5.74, 6) is -0.0756. The van der Waals surface area contributed by atoms with Crippen LogP contribution in [0, 0.1) is 5.92 Å². The topological polar surface area (TPSA) is 75.5 Å². The summed E-state index contributed by atoms with van der Waals surface area (Å²) >= 11 is 0. The average molecular weight is 320 g/mol. The highest BCUT2D eigenvalue weighted by Crippen LogP contribution is 2.20. The van der Waals surface area contributed by atoms with Crippen LogP contribution < -0.4 is 5.56 Å². The third-order valence-electron chi connectivity index (χ3n) is 4.09. The van der Waals surface area contributed by atoms with Gasteiger partial charge in [-0.3, -0.25) is 14.4 Å². The average Bonchev–Trinajstić information content (AvgIpc) is 2.56. The number of amides is 2. The van der Waals surface area contributed by atoms with Crippen molar-refractivity contribution >= 4 is 11.8 Å². The van der Waals surface area contributed by atoms with E-state index in [4.69, 9.17) is 0 Å². The zero-order valence-corrected chi connectivity index (χ0v) is 14.0. The molecule has 1 aliphatic heterocycles. The Labute approximate surface area is 135 Å². The maximum atomic E-state index is 12.5. The fourth-order valence-corrected chi connectivity index (χ4v) is 2.79. The molecule has 2 heterocycles. The molecule has 0 unspecified atom stereocenters. The van der Waals surface area contributed by atoms with Gasteiger partial charge >= 0.3 is 0 Å². The summed E-state index contributed by atoms with van der Waals surface area (Å²) in [6.07, 6.45) is 2.11. The zero-order chi connectivity index (χ0) is 17.0. The minimum absolute atomic E-state index is 0.0175. The number of rotatable bonds is 4. The molecule has 23 heavy (non-hydrogen) atoms. The first-order chi connectivity index (χ1) is 10.9. The number of carbonyl (C=O) groups is 2. The van der Waals surface area contributed by atoms with Crippen molar-refractivity contribution in [3.8, 4) is 0 Å². The van der Waals surface area contributed by atoms with Crippen LogP contribution in [0.25, 0.3) is 0 Å². The van der Waals surface area contributed by atoms with Crippen LogP contribution in [-0.2, 0) is 11.3 Å². The number of aryl methyl sites for hydroxylation is 1. The van der Waals surface area contributed by atoms with Gasteiger partial charge in [-0.1, -0.05) is 6.92 Å². The van der Waals surface area contributed by atoms with Gasteiger partial charge < -0.3 is 9.80 Å². The van der Waals surface area contributed by atoms with Crippen LogP contribution in [0.4, 0.5) is 0 Å². The van der Waals surface area contributed by atoms with Crippen molar-refractivity contribution < 1.29 is 9.59 Å². The lowest BCUT2D eigenvalue weighted by atomic mass is 9.95. The summed E-state index contributed by atoms with van der Waals surface area (Å²) in [7, 11) is 3.50. The standard InChI is InChI=1S/C16H24N4O3/c1-4-9-20-14(21)6-5-13(17-20)16(23)19-10-7-12(8-11-19)15(22)18(2)3/h5-6,12H,4,7-11H2,1-3H3. The van der Waals surface area contributed by atoms with Gasteiger partial charge in [0.1, 0.15) is 5.69 Å². The van der Waals surface area contributed by atoms with Crippen LogP contribution in [0.2, 0.25) is 0 Å². The lowest BCUT2D eigenvalue weighted by Crippen LogP contribution is -2.43. The molecule has 1 aromatic rings.